The molecular weight excluding hydrogens is 276 g/mol. The highest BCUT2D eigenvalue weighted by Gasteiger charge is 2.13. The third kappa shape index (κ3) is 3.85. The Morgan fingerprint density at radius 1 is 1.20 bits per heavy atom. The second-order valence-electron chi connectivity index (χ2n) is 4.36. The largest absolute Gasteiger partial charge is 0.494 e. The van der Waals surface area contributed by atoms with Crippen LogP contribution in [0, 0.1) is 0 Å². The monoisotopic (exact) mass is 294 g/mol. The van der Waals surface area contributed by atoms with Crippen molar-refractivity contribution in [1.29, 1.82) is 0 Å². The van der Waals surface area contributed by atoms with E-state index in [4.69, 9.17) is 4.74 Å². The maximum Gasteiger partial charge on any atom is 0.240 e. The molecule has 0 aliphatic rings. The van der Waals surface area contributed by atoms with Crippen molar-refractivity contribution in [3.05, 3.63) is 48.3 Å². The van der Waals surface area contributed by atoms with E-state index in [9.17, 15) is 8.42 Å². The fourth-order valence-electron chi connectivity index (χ4n) is 1.66. The summed E-state index contributed by atoms with van der Waals surface area (Å²) in [7, 11) is -3.49. The van der Waals surface area contributed by atoms with E-state index in [-0.39, 0.29) is 11.4 Å². The van der Waals surface area contributed by atoms with E-state index in [1.165, 1.54) is 0 Å². The van der Waals surface area contributed by atoms with Crippen molar-refractivity contribution in [2.45, 2.75) is 24.8 Å². The molecule has 0 atom stereocenters. The SMILES string of the molecule is CCCOc1ccc(S(=O)(=O)NCc2cc[nH]c2)cc1. The van der Waals surface area contributed by atoms with Gasteiger partial charge in [0.2, 0.25) is 10.0 Å². The van der Waals surface area contributed by atoms with Crippen LogP contribution in [0.4, 0.5) is 0 Å². The van der Waals surface area contributed by atoms with Crippen molar-refractivity contribution in [2.24, 2.45) is 0 Å². The van der Waals surface area contributed by atoms with Crippen LogP contribution in [0.2, 0.25) is 0 Å². The molecule has 0 unspecified atom stereocenters. The molecule has 0 aliphatic carbocycles. The Labute approximate surface area is 119 Å². The number of aromatic nitrogens is 1. The van der Waals surface area contributed by atoms with Crippen LogP contribution >= 0.6 is 0 Å². The van der Waals surface area contributed by atoms with Crippen LogP contribution in [0.15, 0.2) is 47.6 Å². The predicted octanol–water partition coefficient (Wildman–Crippen LogP) is 2.28. The highest BCUT2D eigenvalue weighted by atomic mass is 32.2. The van der Waals surface area contributed by atoms with E-state index in [2.05, 4.69) is 9.71 Å². The molecule has 2 rings (SSSR count). The van der Waals surface area contributed by atoms with E-state index < -0.39 is 10.0 Å². The zero-order chi connectivity index (χ0) is 14.4. The molecule has 1 aromatic heterocycles. The molecule has 0 radical (unpaired) electrons. The van der Waals surface area contributed by atoms with Crippen LogP contribution in [0.25, 0.3) is 0 Å². The summed E-state index contributed by atoms with van der Waals surface area (Å²) in [5.41, 5.74) is 0.886. The van der Waals surface area contributed by atoms with Crippen molar-refractivity contribution in [2.75, 3.05) is 6.61 Å². The molecular formula is C14H18N2O3S. The van der Waals surface area contributed by atoms with Crippen LogP contribution in [-0.4, -0.2) is 20.0 Å². The van der Waals surface area contributed by atoms with E-state index in [0.29, 0.717) is 12.4 Å². The van der Waals surface area contributed by atoms with Gasteiger partial charge in [0.05, 0.1) is 11.5 Å². The zero-order valence-corrected chi connectivity index (χ0v) is 12.1. The molecule has 0 saturated carbocycles. The second-order valence-corrected chi connectivity index (χ2v) is 6.13. The third-order valence-corrected chi connectivity index (χ3v) is 4.15. The molecule has 6 heteroatoms. The molecule has 2 N–H and O–H groups in total. The Kier molecular flexibility index (Phi) is 4.81. The lowest BCUT2D eigenvalue weighted by molar-refractivity contribution is 0.317. The minimum Gasteiger partial charge on any atom is -0.494 e. The maximum atomic E-state index is 12.1. The summed E-state index contributed by atoms with van der Waals surface area (Å²) >= 11 is 0. The first-order valence-electron chi connectivity index (χ1n) is 6.46. The van der Waals surface area contributed by atoms with E-state index in [0.717, 1.165) is 12.0 Å². The molecule has 2 aromatic rings. The zero-order valence-electron chi connectivity index (χ0n) is 11.3. The second kappa shape index (κ2) is 6.58. The highest BCUT2D eigenvalue weighted by Crippen LogP contribution is 2.16. The standard InChI is InChI=1S/C14H18N2O3S/c1-2-9-19-13-3-5-14(6-4-13)20(17,18)16-11-12-7-8-15-10-12/h3-8,10,15-16H,2,9,11H2,1H3. The fourth-order valence-corrected chi connectivity index (χ4v) is 2.68. The van der Waals surface area contributed by atoms with Gasteiger partial charge in [-0.1, -0.05) is 6.92 Å². The van der Waals surface area contributed by atoms with Crippen molar-refractivity contribution in [3.8, 4) is 5.75 Å². The highest BCUT2D eigenvalue weighted by molar-refractivity contribution is 7.89. The molecule has 0 bridgehead atoms. The summed E-state index contributed by atoms with van der Waals surface area (Å²) in [6.45, 7) is 2.90. The van der Waals surface area contributed by atoms with Crippen LogP contribution in [0.1, 0.15) is 18.9 Å². The molecule has 0 saturated heterocycles. The maximum absolute atomic E-state index is 12.1. The van der Waals surface area contributed by atoms with Crippen molar-refractivity contribution < 1.29 is 13.2 Å². The molecule has 0 aliphatic heterocycles. The summed E-state index contributed by atoms with van der Waals surface area (Å²) in [4.78, 5) is 3.11. The molecule has 1 aromatic carbocycles. The van der Waals surface area contributed by atoms with Crippen LogP contribution in [0.3, 0.4) is 0 Å². The fraction of sp³-hybridized carbons (Fsp3) is 0.286. The summed E-state index contributed by atoms with van der Waals surface area (Å²) in [5, 5.41) is 0. The topological polar surface area (TPSA) is 71.2 Å². The van der Waals surface area contributed by atoms with Gasteiger partial charge in [-0.05, 0) is 42.3 Å². The van der Waals surface area contributed by atoms with Gasteiger partial charge in [0.1, 0.15) is 5.75 Å². The minimum absolute atomic E-state index is 0.233. The first kappa shape index (κ1) is 14.6. The molecule has 0 amide bonds. The average Bonchev–Trinajstić information content (AvgIpc) is 2.97. The van der Waals surface area contributed by atoms with E-state index in [1.54, 1.807) is 36.7 Å². The first-order chi connectivity index (χ1) is 9.62. The summed E-state index contributed by atoms with van der Waals surface area (Å²) in [6, 6.07) is 8.25. The Hall–Kier alpha value is -1.79. The van der Waals surface area contributed by atoms with Crippen LogP contribution < -0.4 is 9.46 Å². The lowest BCUT2D eigenvalue weighted by atomic mass is 10.3. The Bertz CT molecular complexity index is 619. The number of sulfonamides is 1. The molecule has 0 spiro atoms. The number of rotatable bonds is 7. The van der Waals surface area contributed by atoms with Gasteiger partial charge >= 0.3 is 0 Å². The van der Waals surface area contributed by atoms with Crippen LogP contribution in [0.5, 0.6) is 5.75 Å². The number of hydrogen-bond acceptors (Lipinski definition) is 3. The van der Waals surface area contributed by atoms with Gasteiger partial charge in [-0.25, -0.2) is 13.1 Å². The van der Waals surface area contributed by atoms with Crippen molar-refractivity contribution in [1.82, 2.24) is 9.71 Å². The van der Waals surface area contributed by atoms with Gasteiger partial charge < -0.3 is 9.72 Å². The lowest BCUT2D eigenvalue weighted by Gasteiger charge is -2.08. The Balaban J connectivity index is 2.01. The number of hydrogen-bond donors (Lipinski definition) is 2. The first-order valence-corrected chi connectivity index (χ1v) is 7.94. The summed E-state index contributed by atoms with van der Waals surface area (Å²) in [5.74, 6) is 0.677. The van der Waals surface area contributed by atoms with E-state index in [1.807, 2.05) is 13.0 Å². The lowest BCUT2D eigenvalue weighted by Crippen LogP contribution is -2.22. The quantitative estimate of drug-likeness (QED) is 0.823. The Morgan fingerprint density at radius 3 is 2.55 bits per heavy atom. The van der Waals surface area contributed by atoms with Gasteiger partial charge in [-0.3, -0.25) is 0 Å². The third-order valence-electron chi connectivity index (χ3n) is 2.74. The van der Waals surface area contributed by atoms with Crippen LogP contribution in [-0.2, 0) is 16.6 Å². The smallest absolute Gasteiger partial charge is 0.240 e. The molecule has 0 fully saturated rings. The van der Waals surface area contributed by atoms with Crippen molar-refractivity contribution in [3.63, 3.8) is 0 Å². The van der Waals surface area contributed by atoms with Crippen molar-refractivity contribution >= 4 is 10.0 Å². The predicted molar refractivity (Wildman–Crippen MR) is 77.0 cm³/mol. The number of aromatic amines is 1. The number of ether oxygens (including phenoxy) is 1. The average molecular weight is 294 g/mol. The molecule has 5 nitrogen and oxygen atoms in total. The minimum atomic E-state index is -3.49. The number of H-pyrrole nitrogens is 1. The summed E-state index contributed by atoms with van der Waals surface area (Å²) in [6.07, 6.45) is 4.42. The number of benzene rings is 1. The van der Waals surface area contributed by atoms with Gasteiger partial charge in [0, 0.05) is 18.9 Å². The molecule has 1 heterocycles. The molecule has 108 valence electrons. The molecule has 20 heavy (non-hydrogen) atoms. The van der Waals surface area contributed by atoms with Gasteiger partial charge in [-0.15, -0.1) is 0 Å². The normalized spacial score (nSPS) is 11.4. The van der Waals surface area contributed by atoms with Gasteiger partial charge in [0.25, 0.3) is 0 Å². The van der Waals surface area contributed by atoms with E-state index >= 15 is 0 Å². The summed E-state index contributed by atoms with van der Waals surface area (Å²) < 4.78 is 32.2. The number of nitrogens with one attached hydrogen (secondary N) is 2. The van der Waals surface area contributed by atoms with Gasteiger partial charge in [-0.2, -0.15) is 0 Å². The Morgan fingerprint density at radius 2 is 1.95 bits per heavy atom. The van der Waals surface area contributed by atoms with Gasteiger partial charge in [0.15, 0.2) is 0 Å².